The molecule has 0 aliphatic rings. The van der Waals surface area contributed by atoms with E-state index < -0.39 is 18.1 Å². The normalized spacial score (nSPS) is 11.7. The first-order valence-electron chi connectivity index (χ1n) is 13.2. The molecule has 4 aromatic carbocycles. The fraction of sp³-hybridized carbons (Fsp3) is 0.182. The van der Waals surface area contributed by atoms with Gasteiger partial charge in [-0.3, -0.25) is 4.79 Å². The molecule has 1 atom stereocenters. The van der Waals surface area contributed by atoms with Crippen LogP contribution in [-0.2, 0) is 41.0 Å². The number of aryl methyl sites for hydroxylation is 1. The summed E-state index contributed by atoms with van der Waals surface area (Å²) in [5.74, 6) is 0.0279. The van der Waals surface area contributed by atoms with Crippen molar-refractivity contribution in [2.75, 3.05) is 7.11 Å². The van der Waals surface area contributed by atoms with Gasteiger partial charge >= 0.3 is 12.1 Å². The van der Waals surface area contributed by atoms with E-state index in [0.29, 0.717) is 16.8 Å². The standard InChI is InChI=1S/C33H30N2O6/c1-35-29-16-14-24-13-15-26(39-2)19-27(24)31(29)25(18-30(35)36)21-40-32(37)28(17-22-9-5-3-6-10-22)34-33(38)41-20-23-11-7-4-8-12-23/h3-16,18-19,28H,17,20-21H2,1-2H3,(H,34,38). The monoisotopic (exact) mass is 550 g/mol. The minimum Gasteiger partial charge on any atom is -0.497 e. The van der Waals surface area contributed by atoms with Crippen LogP contribution in [-0.4, -0.2) is 29.8 Å². The molecule has 1 unspecified atom stereocenters. The summed E-state index contributed by atoms with van der Waals surface area (Å²) in [4.78, 5) is 38.8. The molecule has 0 spiro atoms. The van der Waals surface area contributed by atoms with Crippen molar-refractivity contribution < 1.29 is 23.8 Å². The lowest BCUT2D eigenvalue weighted by molar-refractivity contribution is -0.147. The molecular weight excluding hydrogens is 520 g/mol. The van der Waals surface area contributed by atoms with Gasteiger partial charge in [0.15, 0.2) is 0 Å². The van der Waals surface area contributed by atoms with Gasteiger partial charge in [0.05, 0.1) is 12.6 Å². The maximum absolute atomic E-state index is 13.4. The van der Waals surface area contributed by atoms with Gasteiger partial charge in [-0.05, 0) is 40.1 Å². The largest absolute Gasteiger partial charge is 0.497 e. The Kier molecular flexibility index (Phi) is 8.29. The number of rotatable bonds is 9. The molecule has 0 aliphatic carbocycles. The summed E-state index contributed by atoms with van der Waals surface area (Å²) in [6, 6.07) is 28.6. The number of methoxy groups -OCH3 is 1. The van der Waals surface area contributed by atoms with Gasteiger partial charge in [-0.15, -0.1) is 0 Å². The van der Waals surface area contributed by atoms with Gasteiger partial charge in [0.2, 0.25) is 0 Å². The first-order chi connectivity index (χ1) is 19.9. The van der Waals surface area contributed by atoms with Crippen LogP contribution in [0.3, 0.4) is 0 Å². The van der Waals surface area contributed by atoms with Crippen molar-refractivity contribution in [3.05, 3.63) is 124 Å². The molecule has 1 N–H and O–H groups in total. The molecule has 1 amide bonds. The van der Waals surface area contributed by atoms with E-state index in [-0.39, 0.29) is 25.2 Å². The average molecular weight is 551 g/mol. The number of amides is 1. The smallest absolute Gasteiger partial charge is 0.408 e. The Balaban J connectivity index is 1.40. The van der Waals surface area contributed by atoms with Crippen LogP contribution >= 0.6 is 0 Å². The van der Waals surface area contributed by atoms with Gasteiger partial charge in [-0.2, -0.15) is 0 Å². The zero-order valence-corrected chi connectivity index (χ0v) is 22.8. The molecule has 1 aromatic heterocycles. The van der Waals surface area contributed by atoms with Crippen molar-refractivity contribution in [2.24, 2.45) is 7.05 Å². The Bertz CT molecular complexity index is 1750. The number of aromatic nitrogens is 1. The Morgan fingerprint density at radius 2 is 1.51 bits per heavy atom. The van der Waals surface area contributed by atoms with Crippen LogP contribution in [0.1, 0.15) is 16.7 Å². The molecule has 0 aliphatic heterocycles. The maximum atomic E-state index is 13.4. The molecule has 0 radical (unpaired) electrons. The Labute approximate surface area is 237 Å². The molecule has 208 valence electrons. The van der Waals surface area contributed by atoms with Crippen molar-refractivity contribution in [1.29, 1.82) is 0 Å². The SMILES string of the molecule is COc1ccc2ccc3c(c(COC(=O)C(Cc4ccccc4)NC(=O)OCc4ccccc4)cc(=O)n3C)c2c1. The Hall–Kier alpha value is -5.11. The topological polar surface area (TPSA) is 95.9 Å². The summed E-state index contributed by atoms with van der Waals surface area (Å²) >= 11 is 0. The molecule has 5 aromatic rings. The van der Waals surface area contributed by atoms with Crippen LogP contribution in [0.4, 0.5) is 4.79 Å². The first-order valence-corrected chi connectivity index (χ1v) is 13.2. The molecule has 0 bridgehead atoms. The van der Waals surface area contributed by atoms with Crippen molar-refractivity contribution in [2.45, 2.75) is 25.7 Å². The number of esters is 1. The highest BCUT2D eigenvalue weighted by Crippen LogP contribution is 2.30. The van der Waals surface area contributed by atoms with Crippen molar-refractivity contribution in [3.63, 3.8) is 0 Å². The second-order valence-corrected chi connectivity index (χ2v) is 9.67. The summed E-state index contributed by atoms with van der Waals surface area (Å²) in [5.41, 5.74) is 2.70. The third kappa shape index (κ3) is 6.38. The van der Waals surface area contributed by atoms with Crippen LogP contribution in [0.25, 0.3) is 21.7 Å². The molecule has 8 nitrogen and oxygen atoms in total. The number of pyridine rings is 1. The number of hydrogen-bond donors (Lipinski definition) is 1. The third-order valence-electron chi connectivity index (χ3n) is 6.96. The summed E-state index contributed by atoms with van der Waals surface area (Å²) in [5, 5.41) is 5.26. The van der Waals surface area contributed by atoms with Gasteiger partial charge in [-0.1, -0.05) is 72.8 Å². The number of fused-ring (bicyclic) bond motifs is 3. The minimum atomic E-state index is -1.00. The van der Waals surface area contributed by atoms with E-state index in [0.717, 1.165) is 27.3 Å². The molecule has 0 saturated heterocycles. The molecular formula is C33H30N2O6. The summed E-state index contributed by atoms with van der Waals surface area (Å²) < 4.78 is 18.1. The van der Waals surface area contributed by atoms with Gasteiger partial charge in [0.25, 0.3) is 5.56 Å². The van der Waals surface area contributed by atoms with Gasteiger partial charge in [0, 0.05) is 30.5 Å². The summed E-state index contributed by atoms with van der Waals surface area (Å²) in [6.45, 7) is -0.0939. The van der Waals surface area contributed by atoms with Crippen molar-refractivity contribution in [1.82, 2.24) is 9.88 Å². The highest BCUT2D eigenvalue weighted by atomic mass is 16.6. The molecule has 5 rings (SSSR count). The fourth-order valence-electron chi connectivity index (χ4n) is 4.78. The van der Waals surface area contributed by atoms with E-state index in [4.69, 9.17) is 14.2 Å². The van der Waals surface area contributed by atoms with Gasteiger partial charge < -0.3 is 24.1 Å². The number of nitrogens with zero attached hydrogens (tertiary/aromatic N) is 1. The highest BCUT2D eigenvalue weighted by molar-refractivity contribution is 6.08. The van der Waals surface area contributed by atoms with Gasteiger partial charge in [-0.25, -0.2) is 9.59 Å². The predicted molar refractivity (Wildman–Crippen MR) is 157 cm³/mol. The number of hydrogen-bond acceptors (Lipinski definition) is 6. The van der Waals surface area contributed by atoms with E-state index in [9.17, 15) is 14.4 Å². The Morgan fingerprint density at radius 1 is 0.829 bits per heavy atom. The predicted octanol–water partition coefficient (Wildman–Crippen LogP) is 5.28. The molecule has 1 heterocycles. The van der Waals surface area contributed by atoms with Crippen LogP contribution in [0.5, 0.6) is 5.75 Å². The molecule has 0 saturated carbocycles. The number of carbonyl (C=O) groups is 2. The van der Waals surface area contributed by atoms with E-state index >= 15 is 0 Å². The van der Waals surface area contributed by atoms with E-state index in [1.807, 2.05) is 91.0 Å². The number of benzene rings is 4. The number of nitrogens with one attached hydrogen (secondary N) is 1. The Morgan fingerprint density at radius 3 is 2.22 bits per heavy atom. The lowest BCUT2D eigenvalue weighted by Crippen LogP contribution is -2.43. The molecule has 41 heavy (non-hydrogen) atoms. The zero-order valence-electron chi connectivity index (χ0n) is 22.8. The zero-order chi connectivity index (χ0) is 28.8. The van der Waals surface area contributed by atoms with Crippen LogP contribution in [0, 0.1) is 0 Å². The second-order valence-electron chi connectivity index (χ2n) is 9.67. The van der Waals surface area contributed by atoms with Crippen molar-refractivity contribution >= 4 is 33.7 Å². The summed E-state index contributed by atoms with van der Waals surface area (Å²) in [7, 11) is 3.29. The lowest BCUT2D eigenvalue weighted by atomic mass is 10.0. The second kappa shape index (κ2) is 12.4. The highest BCUT2D eigenvalue weighted by Gasteiger charge is 2.24. The van der Waals surface area contributed by atoms with E-state index in [1.165, 1.54) is 6.07 Å². The maximum Gasteiger partial charge on any atom is 0.408 e. The minimum absolute atomic E-state index is 0.0651. The number of ether oxygens (including phenoxy) is 3. The first kappa shape index (κ1) is 27.5. The molecule has 8 heteroatoms. The molecule has 0 fully saturated rings. The summed E-state index contributed by atoms with van der Waals surface area (Å²) in [6.07, 6.45) is -0.527. The van der Waals surface area contributed by atoms with Crippen LogP contribution in [0.2, 0.25) is 0 Å². The average Bonchev–Trinajstić information content (AvgIpc) is 3.01. The van der Waals surface area contributed by atoms with Crippen LogP contribution < -0.4 is 15.6 Å². The number of carbonyl (C=O) groups excluding carboxylic acids is 2. The van der Waals surface area contributed by atoms with E-state index in [2.05, 4.69) is 5.32 Å². The lowest BCUT2D eigenvalue weighted by Gasteiger charge is -2.19. The van der Waals surface area contributed by atoms with Crippen molar-refractivity contribution in [3.8, 4) is 5.75 Å². The van der Waals surface area contributed by atoms with Crippen LogP contribution in [0.15, 0.2) is 102 Å². The quantitative estimate of drug-likeness (QED) is 0.198. The number of alkyl carbamates (subject to hydrolysis) is 1. The van der Waals surface area contributed by atoms with E-state index in [1.54, 1.807) is 18.7 Å². The fourth-order valence-corrected chi connectivity index (χ4v) is 4.78. The third-order valence-corrected chi connectivity index (χ3v) is 6.96. The van der Waals surface area contributed by atoms with Gasteiger partial charge in [0.1, 0.15) is 25.0 Å².